The number of aryl methyl sites for hydroxylation is 2. The lowest BCUT2D eigenvalue weighted by molar-refractivity contribution is 0.108. The molecule has 0 bridgehead atoms. The van der Waals surface area contributed by atoms with Gasteiger partial charge in [0.1, 0.15) is 30.0 Å². The van der Waals surface area contributed by atoms with Crippen LogP contribution >= 0.6 is 0 Å². The summed E-state index contributed by atoms with van der Waals surface area (Å²) >= 11 is 0. The maximum Gasteiger partial charge on any atom is 0.409 e. The van der Waals surface area contributed by atoms with E-state index < -0.39 is 6.10 Å². The number of carbonyl (C=O) groups is 1. The summed E-state index contributed by atoms with van der Waals surface area (Å²) in [5.74, 6) is 2.07. The normalized spacial score (nSPS) is 14.5. The fourth-order valence-corrected chi connectivity index (χ4v) is 4.75. The third kappa shape index (κ3) is 6.32. The van der Waals surface area contributed by atoms with Crippen molar-refractivity contribution < 1.29 is 23.9 Å². The second-order valence-corrected chi connectivity index (χ2v) is 9.79. The van der Waals surface area contributed by atoms with Crippen molar-refractivity contribution in [1.82, 2.24) is 25.3 Å². The minimum Gasteiger partial charge on any atom is -0.491 e. The third-order valence-electron chi connectivity index (χ3n) is 6.92. The number of nitrogens with one attached hydrogen (secondary N) is 2. The van der Waals surface area contributed by atoms with Crippen molar-refractivity contribution >= 4 is 11.9 Å². The number of nitriles is 1. The molecule has 0 saturated carbocycles. The standard InChI is InChI=1S/C28H35N7O5/c1-16-25(24-17(2)34-40-18(24)3)32-27(33-26(16)31-20-8-10-35(11-9-20)28(37)38-5)23-12-22(7-6-19(23)13-29)39-15-21(36)14-30-4/h6-7,12,20-21,30,36H,8-11,14-15H2,1-5H3,(H,31,32,33). The molecule has 4 rings (SSSR count). The van der Waals surface area contributed by atoms with Gasteiger partial charge in [-0.25, -0.2) is 14.8 Å². The number of amides is 1. The van der Waals surface area contributed by atoms with Crippen LogP contribution in [0.1, 0.15) is 35.4 Å². The molecule has 3 N–H and O–H groups in total. The number of methoxy groups -OCH3 is 1. The molecule has 3 aromatic rings. The second kappa shape index (κ2) is 12.8. The molecule has 0 radical (unpaired) electrons. The molecule has 12 nitrogen and oxygen atoms in total. The molecule has 0 spiro atoms. The topological polar surface area (TPSA) is 159 Å². The first kappa shape index (κ1) is 28.8. The summed E-state index contributed by atoms with van der Waals surface area (Å²) in [4.78, 5) is 23.4. The molecule has 1 fully saturated rings. The van der Waals surface area contributed by atoms with Gasteiger partial charge in [0, 0.05) is 36.8 Å². The van der Waals surface area contributed by atoms with Crippen LogP contribution in [0.4, 0.5) is 10.6 Å². The van der Waals surface area contributed by atoms with Gasteiger partial charge in [-0.2, -0.15) is 5.26 Å². The smallest absolute Gasteiger partial charge is 0.409 e. The molecule has 1 aliphatic rings. The maximum absolute atomic E-state index is 11.9. The molecular weight excluding hydrogens is 514 g/mol. The van der Waals surface area contributed by atoms with Gasteiger partial charge in [-0.3, -0.25) is 0 Å². The average molecular weight is 550 g/mol. The van der Waals surface area contributed by atoms with Crippen LogP contribution in [0.3, 0.4) is 0 Å². The minimum absolute atomic E-state index is 0.0682. The number of hydrogen-bond donors (Lipinski definition) is 3. The van der Waals surface area contributed by atoms with Gasteiger partial charge in [-0.1, -0.05) is 5.16 Å². The number of aliphatic hydroxyl groups excluding tert-OH is 1. The first-order valence-corrected chi connectivity index (χ1v) is 13.2. The number of likely N-dealkylation sites (N-methyl/N-ethyl adjacent to an activating group) is 1. The molecule has 1 aromatic carbocycles. The van der Waals surface area contributed by atoms with Crippen molar-refractivity contribution in [1.29, 1.82) is 5.26 Å². The van der Waals surface area contributed by atoms with Crippen LogP contribution in [-0.2, 0) is 4.74 Å². The number of likely N-dealkylation sites (tertiary alicyclic amines) is 1. The number of hydrogen-bond acceptors (Lipinski definition) is 11. The fraction of sp³-hybridized carbons (Fsp3) is 0.464. The third-order valence-corrected chi connectivity index (χ3v) is 6.92. The van der Waals surface area contributed by atoms with E-state index in [1.807, 2.05) is 20.8 Å². The molecule has 1 unspecified atom stereocenters. The zero-order valence-electron chi connectivity index (χ0n) is 23.4. The van der Waals surface area contributed by atoms with E-state index >= 15 is 0 Å². The van der Waals surface area contributed by atoms with Gasteiger partial charge in [0.05, 0.1) is 35.7 Å². The Morgan fingerprint density at radius 2 is 2.02 bits per heavy atom. The van der Waals surface area contributed by atoms with Crippen LogP contribution in [0.5, 0.6) is 5.75 Å². The van der Waals surface area contributed by atoms with Crippen LogP contribution in [0.2, 0.25) is 0 Å². The Labute approximate surface area is 233 Å². The second-order valence-electron chi connectivity index (χ2n) is 9.79. The molecule has 2 aromatic heterocycles. The molecular formula is C28H35N7O5. The van der Waals surface area contributed by atoms with E-state index in [1.54, 1.807) is 30.1 Å². The van der Waals surface area contributed by atoms with Gasteiger partial charge < -0.3 is 34.6 Å². The van der Waals surface area contributed by atoms with Gasteiger partial charge in [-0.15, -0.1) is 0 Å². The van der Waals surface area contributed by atoms with Crippen molar-refractivity contribution in [3.05, 3.63) is 40.8 Å². The lowest BCUT2D eigenvalue weighted by atomic mass is 10.0. The van der Waals surface area contributed by atoms with Crippen LogP contribution in [0.15, 0.2) is 22.7 Å². The van der Waals surface area contributed by atoms with E-state index in [1.165, 1.54) is 7.11 Å². The predicted molar refractivity (Wildman–Crippen MR) is 148 cm³/mol. The Morgan fingerprint density at radius 1 is 1.27 bits per heavy atom. The lowest BCUT2D eigenvalue weighted by Crippen LogP contribution is -2.42. The fourth-order valence-electron chi connectivity index (χ4n) is 4.75. The summed E-state index contributed by atoms with van der Waals surface area (Å²) in [6.45, 7) is 7.22. The highest BCUT2D eigenvalue weighted by Crippen LogP contribution is 2.35. The number of anilines is 1. The first-order valence-electron chi connectivity index (χ1n) is 13.2. The van der Waals surface area contributed by atoms with E-state index in [0.29, 0.717) is 65.3 Å². The Balaban J connectivity index is 1.73. The Hall–Kier alpha value is -4.21. The number of carbonyl (C=O) groups excluding carboxylic acids is 1. The van der Waals surface area contributed by atoms with E-state index in [2.05, 4.69) is 21.9 Å². The van der Waals surface area contributed by atoms with Crippen LogP contribution in [0.25, 0.3) is 22.6 Å². The molecule has 1 amide bonds. The highest BCUT2D eigenvalue weighted by molar-refractivity contribution is 5.76. The van der Waals surface area contributed by atoms with E-state index in [0.717, 1.165) is 24.0 Å². The number of nitrogens with zero attached hydrogens (tertiary/aromatic N) is 5. The highest BCUT2D eigenvalue weighted by Gasteiger charge is 2.26. The molecule has 1 atom stereocenters. The Bertz CT molecular complexity index is 1370. The number of benzene rings is 1. The summed E-state index contributed by atoms with van der Waals surface area (Å²) < 4.78 is 16.1. The summed E-state index contributed by atoms with van der Waals surface area (Å²) in [5.41, 5.74) is 3.81. The molecule has 0 aliphatic carbocycles. The van der Waals surface area contributed by atoms with Crippen molar-refractivity contribution in [2.45, 2.75) is 45.8 Å². The van der Waals surface area contributed by atoms with Crippen molar-refractivity contribution in [2.24, 2.45) is 0 Å². The number of ether oxygens (including phenoxy) is 2. The summed E-state index contributed by atoms with van der Waals surface area (Å²) in [7, 11) is 3.14. The Kier molecular flexibility index (Phi) is 9.19. The van der Waals surface area contributed by atoms with Gasteiger partial charge in [0.2, 0.25) is 0 Å². The van der Waals surface area contributed by atoms with Crippen LogP contribution < -0.4 is 15.4 Å². The molecule has 12 heteroatoms. The number of aliphatic hydroxyl groups is 1. The van der Waals surface area contributed by atoms with E-state index in [9.17, 15) is 15.2 Å². The number of rotatable bonds is 9. The zero-order valence-corrected chi connectivity index (χ0v) is 23.4. The molecule has 1 saturated heterocycles. The molecule has 212 valence electrons. The summed E-state index contributed by atoms with van der Waals surface area (Å²) in [5, 5.41) is 30.5. The average Bonchev–Trinajstić information content (AvgIpc) is 3.30. The van der Waals surface area contributed by atoms with E-state index in [-0.39, 0.29) is 18.7 Å². The van der Waals surface area contributed by atoms with E-state index in [4.69, 9.17) is 24.0 Å². The quantitative estimate of drug-likeness (QED) is 0.360. The van der Waals surface area contributed by atoms with Crippen LogP contribution in [0, 0.1) is 32.1 Å². The SMILES string of the molecule is CNCC(O)COc1ccc(C#N)c(-c2nc(NC3CCN(C(=O)OC)CC3)c(C)c(-c3c(C)noc3C)n2)c1. The van der Waals surface area contributed by atoms with Crippen molar-refractivity contribution in [3.63, 3.8) is 0 Å². The van der Waals surface area contributed by atoms with Gasteiger partial charge in [-0.05, 0) is 58.9 Å². The van der Waals surface area contributed by atoms with Gasteiger partial charge in [0.25, 0.3) is 0 Å². The highest BCUT2D eigenvalue weighted by atomic mass is 16.5. The van der Waals surface area contributed by atoms with Gasteiger partial charge in [0.15, 0.2) is 5.82 Å². The van der Waals surface area contributed by atoms with Crippen molar-refractivity contribution in [3.8, 4) is 34.5 Å². The van der Waals surface area contributed by atoms with Crippen molar-refractivity contribution in [2.75, 3.05) is 45.7 Å². The molecule has 1 aliphatic heterocycles. The lowest BCUT2D eigenvalue weighted by Gasteiger charge is -2.32. The first-order chi connectivity index (χ1) is 19.2. The zero-order chi connectivity index (χ0) is 28.8. The van der Waals surface area contributed by atoms with Crippen LogP contribution in [-0.4, -0.2) is 83.8 Å². The largest absolute Gasteiger partial charge is 0.491 e. The molecule has 40 heavy (non-hydrogen) atoms. The number of piperidine rings is 1. The number of aromatic nitrogens is 3. The predicted octanol–water partition coefficient (Wildman–Crippen LogP) is 3.20. The minimum atomic E-state index is -0.688. The summed E-state index contributed by atoms with van der Waals surface area (Å²) in [6.07, 6.45) is 0.420. The maximum atomic E-state index is 11.9. The molecule has 3 heterocycles. The monoisotopic (exact) mass is 549 g/mol. The Morgan fingerprint density at radius 3 is 2.65 bits per heavy atom. The van der Waals surface area contributed by atoms with Gasteiger partial charge >= 0.3 is 6.09 Å². The summed E-state index contributed by atoms with van der Waals surface area (Å²) in [6, 6.07) is 7.35.